The van der Waals surface area contributed by atoms with Crippen LogP contribution >= 0.6 is 11.3 Å². The van der Waals surface area contributed by atoms with Gasteiger partial charge in [0.1, 0.15) is 33.5 Å². The highest BCUT2D eigenvalue weighted by atomic mass is 32.1. The van der Waals surface area contributed by atoms with Crippen LogP contribution in [0.25, 0.3) is 81.5 Å². The standard InChI is InChI=1S/C46H26O3S/c1-3-9-29-27(7-1)42(25-14-16-36-34(23-25)44-33-21-22-50-41(33)20-19-37(44)48-36)28-8-2-4-10-30(28)43(29)26-13-15-32-40(24-26)49-39-18-17-38-45(46(32)39)31-11-5-6-12-35(31)47-38/h1-24,29,43H. The molecule has 0 saturated carbocycles. The Morgan fingerprint density at radius 2 is 1.26 bits per heavy atom. The first kappa shape index (κ1) is 26.8. The maximum absolute atomic E-state index is 6.62. The van der Waals surface area contributed by atoms with Crippen molar-refractivity contribution in [2.45, 2.75) is 5.92 Å². The van der Waals surface area contributed by atoms with Crippen LogP contribution in [0.5, 0.6) is 0 Å². The summed E-state index contributed by atoms with van der Waals surface area (Å²) in [6, 6.07) is 41.4. The lowest BCUT2D eigenvalue weighted by Gasteiger charge is -2.36. The number of benzene rings is 6. The zero-order valence-electron chi connectivity index (χ0n) is 26.6. The molecule has 3 nitrogen and oxygen atoms in total. The van der Waals surface area contributed by atoms with E-state index in [1.54, 1.807) is 11.3 Å². The van der Waals surface area contributed by atoms with Gasteiger partial charge < -0.3 is 13.3 Å². The van der Waals surface area contributed by atoms with Crippen molar-refractivity contribution < 1.29 is 13.3 Å². The van der Waals surface area contributed by atoms with E-state index in [9.17, 15) is 0 Å². The van der Waals surface area contributed by atoms with E-state index in [1.165, 1.54) is 48.9 Å². The molecule has 0 amide bonds. The number of hydrogen-bond acceptors (Lipinski definition) is 4. The van der Waals surface area contributed by atoms with Crippen LogP contribution in [0.15, 0.2) is 164 Å². The molecule has 0 N–H and O–H groups in total. The molecule has 0 spiro atoms. The average molecular weight is 659 g/mol. The van der Waals surface area contributed by atoms with E-state index < -0.39 is 0 Å². The quantitative estimate of drug-likeness (QED) is 0.186. The molecule has 4 heterocycles. The van der Waals surface area contributed by atoms with Crippen molar-refractivity contribution in [1.29, 1.82) is 0 Å². The molecule has 2 aliphatic carbocycles. The van der Waals surface area contributed by atoms with E-state index in [-0.39, 0.29) is 11.8 Å². The highest BCUT2D eigenvalue weighted by Gasteiger charge is 2.36. The Bertz CT molecular complexity index is 3170. The molecule has 2 unspecified atom stereocenters. The first-order valence-corrected chi connectivity index (χ1v) is 17.9. The van der Waals surface area contributed by atoms with Crippen LogP contribution in [0.2, 0.25) is 0 Å². The molecule has 4 heteroatoms. The maximum atomic E-state index is 6.62. The first-order chi connectivity index (χ1) is 24.8. The summed E-state index contributed by atoms with van der Waals surface area (Å²) in [5.74, 6) is 0.291. The van der Waals surface area contributed by atoms with Crippen LogP contribution in [0.1, 0.15) is 28.2 Å². The number of para-hydroxylation sites is 1. The zero-order valence-corrected chi connectivity index (χ0v) is 27.5. The van der Waals surface area contributed by atoms with E-state index in [0.717, 1.165) is 60.4 Å². The number of fused-ring (bicyclic) bond motifs is 14. The molecule has 234 valence electrons. The number of rotatable bonds is 2. The molecule has 0 radical (unpaired) electrons. The minimum Gasteiger partial charge on any atom is -0.456 e. The van der Waals surface area contributed by atoms with Crippen molar-refractivity contribution in [2.24, 2.45) is 5.92 Å². The lowest BCUT2D eigenvalue weighted by Crippen LogP contribution is -2.22. The van der Waals surface area contributed by atoms with Crippen LogP contribution < -0.4 is 0 Å². The second kappa shape index (κ2) is 9.75. The van der Waals surface area contributed by atoms with E-state index in [0.29, 0.717) is 0 Å². The minimum atomic E-state index is 0.127. The normalized spacial score (nSPS) is 17.4. The predicted molar refractivity (Wildman–Crippen MR) is 206 cm³/mol. The van der Waals surface area contributed by atoms with Gasteiger partial charge in [-0.3, -0.25) is 0 Å². The highest BCUT2D eigenvalue weighted by Crippen LogP contribution is 2.51. The van der Waals surface area contributed by atoms with Gasteiger partial charge in [0.15, 0.2) is 0 Å². The summed E-state index contributed by atoms with van der Waals surface area (Å²) in [4.78, 5) is 0. The summed E-state index contributed by atoms with van der Waals surface area (Å²) in [6.45, 7) is 0. The van der Waals surface area contributed by atoms with Crippen LogP contribution in [0, 0.1) is 5.92 Å². The van der Waals surface area contributed by atoms with Crippen molar-refractivity contribution in [1.82, 2.24) is 0 Å². The van der Waals surface area contributed by atoms with Gasteiger partial charge in [0.25, 0.3) is 0 Å². The van der Waals surface area contributed by atoms with Crippen molar-refractivity contribution in [3.8, 4) is 0 Å². The molecular weight excluding hydrogens is 633 g/mol. The molecule has 4 aromatic heterocycles. The van der Waals surface area contributed by atoms with Crippen molar-refractivity contribution in [3.63, 3.8) is 0 Å². The Morgan fingerprint density at radius 3 is 2.18 bits per heavy atom. The minimum absolute atomic E-state index is 0.127. The fourth-order valence-corrected chi connectivity index (χ4v) is 9.71. The first-order valence-electron chi connectivity index (χ1n) is 17.1. The third-order valence-electron chi connectivity index (χ3n) is 11.0. The van der Waals surface area contributed by atoms with Gasteiger partial charge in [0.2, 0.25) is 0 Å². The molecule has 0 bridgehead atoms. The van der Waals surface area contributed by atoms with Crippen molar-refractivity contribution >= 4 is 92.8 Å². The van der Waals surface area contributed by atoms with Gasteiger partial charge in [-0.15, -0.1) is 11.3 Å². The Morgan fingerprint density at radius 1 is 0.520 bits per heavy atom. The Labute approximate surface area is 289 Å². The summed E-state index contributed by atoms with van der Waals surface area (Å²) in [5.41, 5.74) is 13.1. The second-order valence-electron chi connectivity index (χ2n) is 13.5. The molecular formula is C46H26O3S. The van der Waals surface area contributed by atoms with Crippen LogP contribution in [-0.2, 0) is 0 Å². The largest absolute Gasteiger partial charge is 0.456 e. The second-order valence-corrected chi connectivity index (χ2v) is 14.5. The topological polar surface area (TPSA) is 39.4 Å². The third-order valence-corrected chi connectivity index (χ3v) is 11.9. The molecule has 50 heavy (non-hydrogen) atoms. The molecule has 6 aromatic carbocycles. The Balaban J connectivity index is 1.06. The van der Waals surface area contributed by atoms with Gasteiger partial charge >= 0.3 is 0 Å². The summed E-state index contributed by atoms with van der Waals surface area (Å²) in [7, 11) is 0. The summed E-state index contributed by atoms with van der Waals surface area (Å²) >= 11 is 1.77. The lowest BCUT2D eigenvalue weighted by molar-refractivity contribution is 0.641. The van der Waals surface area contributed by atoms with E-state index in [1.807, 2.05) is 24.3 Å². The zero-order chi connectivity index (χ0) is 32.5. The van der Waals surface area contributed by atoms with Crippen LogP contribution in [0.4, 0.5) is 0 Å². The SMILES string of the molecule is C1=CC2=C(c3ccc4oc5ccc6sccc6c5c4c3)c3ccccc3C(c3ccc4c(c3)oc3ccc5oc6ccccc6c5c34)C2C=C1. The summed E-state index contributed by atoms with van der Waals surface area (Å²) in [6.07, 6.45) is 9.08. The molecule has 10 aromatic rings. The van der Waals surface area contributed by atoms with Gasteiger partial charge in [-0.1, -0.05) is 85.0 Å². The van der Waals surface area contributed by atoms with Gasteiger partial charge in [0, 0.05) is 54.2 Å². The summed E-state index contributed by atoms with van der Waals surface area (Å²) < 4.78 is 20.5. The lowest BCUT2D eigenvalue weighted by atomic mass is 9.66. The van der Waals surface area contributed by atoms with Crippen molar-refractivity contribution in [2.75, 3.05) is 0 Å². The average Bonchev–Trinajstić information content (AvgIpc) is 3.95. The van der Waals surface area contributed by atoms with E-state index in [2.05, 4.69) is 121 Å². The monoisotopic (exact) mass is 658 g/mol. The van der Waals surface area contributed by atoms with Crippen LogP contribution in [0.3, 0.4) is 0 Å². The molecule has 2 atom stereocenters. The predicted octanol–water partition coefficient (Wildman–Crippen LogP) is 13.3. The van der Waals surface area contributed by atoms with Crippen molar-refractivity contribution in [3.05, 3.63) is 173 Å². The van der Waals surface area contributed by atoms with Gasteiger partial charge in [-0.05, 0) is 93.4 Å². The summed E-state index contributed by atoms with van der Waals surface area (Å²) in [5, 5.41) is 10.2. The fraction of sp³-hybridized carbons (Fsp3) is 0.0435. The Hall–Kier alpha value is -6.10. The molecule has 12 rings (SSSR count). The number of allylic oxidation sites excluding steroid dienone is 5. The molecule has 0 aliphatic heterocycles. The van der Waals surface area contributed by atoms with E-state index in [4.69, 9.17) is 13.3 Å². The maximum Gasteiger partial charge on any atom is 0.136 e. The smallest absolute Gasteiger partial charge is 0.136 e. The van der Waals surface area contributed by atoms with Gasteiger partial charge in [-0.2, -0.15) is 0 Å². The number of hydrogen-bond donors (Lipinski definition) is 0. The number of thiophene rings is 1. The molecule has 2 aliphatic rings. The highest BCUT2D eigenvalue weighted by molar-refractivity contribution is 7.17. The molecule has 0 saturated heterocycles. The third kappa shape index (κ3) is 3.53. The molecule has 0 fully saturated rings. The van der Waals surface area contributed by atoms with Gasteiger partial charge in [-0.25, -0.2) is 0 Å². The van der Waals surface area contributed by atoms with E-state index >= 15 is 0 Å². The van der Waals surface area contributed by atoms with Gasteiger partial charge in [0.05, 0.1) is 0 Å². The number of furan rings is 3. The fourth-order valence-electron chi connectivity index (χ4n) is 8.92. The van der Waals surface area contributed by atoms with Crippen LogP contribution in [-0.4, -0.2) is 0 Å². The Kier molecular flexibility index (Phi) is 5.23.